The van der Waals surface area contributed by atoms with E-state index in [0.29, 0.717) is 5.92 Å². The predicted molar refractivity (Wildman–Crippen MR) is 110 cm³/mol. The lowest BCUT2D eigenvalue weighted by molar-refractivity contribution is 0.131. The Hall–Kier alpha value is -0.920. The molecule has 0 saturated heterocycles. The minimum atomic E-state index is -0.730. The Bertz CT molecular complexity index is 566. The van der Waals surface area contributed by atoms with E-state index in [4.69, 9.17) is 0 Å². The van der Waals surface area contributed by atoms with E-state index >= 15 is 0 Å². The average Bonchev–Trinajstić information content (AvgIpc) is 2.70. The second-order valence-electron chi connectivity index (χ2n) is 9.42. The number of unbranched alkanes of at least 4 members (excludes halogenated alkanes) is 2. The number of hydrogen-bond acceptors (Lipinski definition) is 0. The van der Waals surface area contributed by atoms with Crippen LogP contribution in [0.25, 0.3) is 0 Å². The second kappa shape index (κ2) is 10.0. The third-order valence-corrected chi connectivity index (χ3v) is 7.78. The quantitative estimate of drug-likeness (QED) is 0.420. The van der Waals surface area contributed by atoms with Crippen molar-refractivity contribution < 1.29 is 8.78 Å². The van der Waals surface area contributed by atoms with E-state index in [9.17, 15) is 8.78 Å². The van der Waals surface area contributed by atoms with Crippen LogP contribution >= 0.6 is 0 Å². The van der Waals surface area contributed by atoms with Crippen molar-refractivity contribution in [1.82, 2.24) is 0 Å². The van der Waals surface area contributed by atoms with Gasteiger partial charge >= 0.3 is 0 Å². The van der Waals surface area contributed by atoms with Crippen molar-refractivity contribution in [3.05, 3.63) is 35.4 Å². The lowest BCUT2D eigenvalue weighted by atomic mass is 9.66. The fraction of sp³-hybridized carbons (Fsp3) is 0.760. The highest BCUT2D eigenvalue weighted by molar-refractivity contribution is 5.22. The van der Waals surface area contributed by atoms with Gasteiger partial charge in [-0.1, -0.05) is 58.4 Å². The number of hydrogen-bond donors (Lipinski definition) is 0. The smallest absolute Gasteiger partial charge is 0.159 e. The molecule has 1 atom stereocenters. The Morgan fingerprint density at radius 2 is 1.48 bits per heavy atom. The highest BCUT2D eigenvalue weighted by Crippen LogP contribution is 2.44. The van der Waals surface area contributed by atoms with E-state index < -0.39 is 11.6 Å². The summed E-state index contributed by atoms with van der Waals surface area (Å²) in [6, 6.07) is 4.49. The second-order valence-corrected chi connectivity index (χ2v) is 9.42. The zero-order chi connectivity index (χ0) is 19.2. The summed E-state index contributed by atoms with van der Waals surface area (Å²) in [7, 11) is 0. The van der Waals surface area contributed by atoms with Crippen molar-refractivity contribution >= 4 is 0 Å². The molecule has 2 aliphatic carbocycles. The Morgan fingerprint density at radius 1 is 0.852 bits per heavy atom. The highest BCUT2D eigenvalue weighted by Gasteiger charge is 2.32. The van der Waals surface area contributed by atoms with E-state index in [1.54, 1.807) is 6.07 Å². The molecule has 0 heterocycles. The number of halogens is 2. The maximum Gasteiger partial charge on any atom is 0.159 e. The summed E-state index contributed by atoms with van der Waals surface area (Å²) in [5, 5.41) is 0. The molecule has 1 aromatic carbocycles. The molecular formula is C25H38F2. The molecule has 0 nitrogen and oxygen atoms in total. The molecule has 0 aliphatic heterocycles. The third-order valence-electron chi connectivity index (χ3n) is 7.78. The molecule has 2 heteroatoms. The van der Waals surface area contributed by atoms with Crippen LogP contribution in [0.2, 0.25) is 0 Å². The first-order chi connectivity index (χ1) is 13.1. The summed E-state index contributed by atoms with van der Waals surface area (Å²) in [4.78, 5) is 0. The SMILES string of the molecule is CCCCCC1CCC(C(C)C2CCC(c3ccc(F)c(F)c3)CC2)CC1. The molecule has 0 N–H and O–H groups in total. The molecule has 152 valence electrons. The van der Waals surface area contributed by atoms with Gasteiger partial charge in [0.05, 0.1) is 0 Å². The molecule has 0 radical (unpaired) electrons. The topological polar surface area (TPSA) is 0 Å². The number of rotatable bonds is 7. The van der Waals surface area contributed by atoms with E-state index in [1.165, 1.54) is 76.3 Å². The van der Waals surface area contributed by atoms with Gasteiger partial charge in [-0.15, -0.1) is 0 Å². The molecule has 3 rings (SSSR count). The van der Waals surface area contributed by atoms with Gasteiger partial charge < -0.3 is 0 Å². The summed E-state index contributed by atoms with van der Waals surface area (Å²) in [6.45, 7) is 4.78. The maximum absolute atomic E-state index is 13.5. The standard InChI is InChI=1S/C25H38F2/c1-3-4-5-6-19-7-9-20(10-8-19)18(2)21-11-13-22(14-12-21)23-15-16-24(26)25(27)17-23/h15-22H,3-14H2,1-2H3. The van der Waals surface area contributed by atoms with Gasteiger partial charge in [0, 0.05) is 0 Å². The minimum absolute atomic E-state index is 0.415. The van der Waals surface area contributed by atoms with Crippen LogP contribution in [0.3, 0.4) is 0 Å². The molecule has 1 aromatic rings. The molecule has 0 spiro atoms. The Kier molecular flexibility index (Phi) is 7.73. The van der Waals surface area contributed by atoms with Crippen LogP contribution in [0.4, 0.5) is 8.78 Å². The molecule has 0 amide bonds. The molecule has 2 fully saturated rings. The van der Waals surface area contributed by atoms with Gasteiger partial charge in [0.2, 0.25) is 0 Å². The molecule has 2 saturated carbocycles. The maximum atomic E-state index is 13.5. The number of benzene rings is 1. The summed E-state index contributed by atoms with van der Waals surface area (Å²) in [6.07, 6.45) is 16.1. The van der Waals surface area contributed by atoms with E-state index in [-0.39, 0.29) is 0 Å². The zero-order valence-electron chi connectivity index (χ0n) is 17.4. The normalized spacial score (nSPS) is 30.2. The van der Waals surface area contributed by atoms with Crippen LogP contribution < -0.4 is 0 Å². The van der Waals surface area contributed by atoms with Crippen LogP contribution in [-0.2, 0) is 0 Å². The Labute approximate surface area is 165 Å². The monoisotopic (exact) mass is 376 g/mol. The van der Waals surface area contributed by atoms with Crippen molar-refractivity contribution in [2.75, 3.05) is 0 Å². The van der Waals surface area contributed by atoms with Gasteiger partial charge in [-0.25, -0.2) is 8.78 Å². The molecular weight excluding hydrogens is 338 g/mol. The largest absolute Gasteiger partial charge is 0.204 e. The molecule has 1 unspecified atom stereocenters. The van der Waals surface area contributed by atoms with Gasteiger partial charge in [0.15, 0.2) is 11.6 Å². The van der Waals surface area contributed by atoms with Gasteiger partial charge in [-0.2, -0.15) is 0 Å². The molecule has 0 bridgehead atoms. The van der Waals surface area contributed by atoms with Gasteiger partial charge in [0.1, 0.15) is 0 Å². The van der Waals surface area contributed by atoms with Crippen molar-refractivity contribution in [2.45, 2.75) is 96.8 Å². The van der Waals surface area contributed by atoms with E-state index in [1.807, 2.05) is 0 Å². The zero-order valence-corrected chi connectivity index (χ0v) is 17.4. The fourth-order valence-electron chi connectivity index (χ4n) is 5.82. The Morgan fingerprint density at radius 3 is 2.07 bits per heavy atom. The first-order valence-corrected chi connectivity index (χ1v) is 11.5. The highest BCUT2D eigenvalue weighted by atomic mass is 19.2. The van der Waals surface area contributed by atoms with Crippen molar-refractivity contribution in [3.8, 4) is 0 Å². The van der Waals surface area contributed by atoms with E-state index in [2.05, 4.69) is 13.8 Å². The van der Waals surface area contributed by atoms with Crippen molar-refractivity contribution in [2.24, 2.45) is 23.7 Å². The molecule has 0 aromatic heterocycles. The third kappa shape index (κ3) is 5.55. The van der Waals surface area contributed by atoms with Crippen LogP contribution in [0, 0.1) is 35.3 Å². The lowest BCUT2D eigenvalue weighted by Crippen LogP contribution is -2.28. The summed E-state index contributed by atoms with van der Waals surface area (Å²) < 4.78 is 26.7. The predicted octanol–water partition coefficient (Wildman–Crippen LogP) is 8.26. The van der Waals surface area contributed by atoms with Gasteiger partial charge in [-0.3, -0.25) is 0 Å². The minimum Gasteiger partial charge on any atom is -0.204 e. The summed E-state index contributed by atoms with van der Waals surface area (Å²) in [5.41, 5.74) is 0.993. The first kappa shape index (κ1) is 20.8. The van der Waals surface area contributed by atoms with Crippen LogP contribution in [-0.4, -0.2) is 0 Å². The fourth-order valence-corrected chi connectivity index (χ4v) is 5.82. The van der Waals surface area contributed by atoms with Crippen molar-refractivity contribution in [3.63, 3.8) is 0 Å². The molecule has 2 aliphatic rings. The van der Waals surface area contributed by atoms with Crippen LogP contribution in [0.1, 0.15) is 102 Å². The van der Waals surface area contributed by atoms with Crippen molar-refractivity contribution in [1.29, 1.82) is 0 Å². The van der Waals surface area contributed by atoms with E-state index in [0.717, 1.165) is 42.1 Å². The average molecular weight is 377 g/mol. The lowest BCUT2D eigenvalue weighted by Gasteiger charge is -2.39. The van der Waals surface area contributed by atoms with Crippen LogP contribution in [0.5, 0.6) is 0 Å². The van der Waals surface area contributed by atoms with Gasteiger partial charge in [-0.05, 0) is 85.8 Å². The first-order valence-electron chi connectivity index (χ1n) is 11.5. The van der Waals surface area contributed by atoms with Crippen LogP contribution in [0.15, 0.2) is 18.2 Å². The Balaban J connectivity index is 1.43. The van der Waals surface area contributed by atoms with Gasteiger partial charge in [0.25, 0.3) is 0 Å². The summed E-state index contributed by atoms with van der Waals surface area (Å²) >= 11 is 0. The summed E-state index contributed by atoms with van der Waals surface area (Å²) in [5.74, 6) is 2.55. The molecule has 27 heavy (non-hydrogen) atoms.